The van der Waals surface area contributed by atoms with Gasteiger partial charge >= 0.3 is 0 Å². The number of para-hydroxylation sites is 2. The summed E-state index contributed by atoms with van der Waals surface area (Å²) in [6, 6.07) is 7.38. The van der Waals surface area contributed by atoms with E-state index in [4.69, 9.17) is 0 Å². The molecule has 142 valence electrons. The van der Waals surface area contributed by atoms with Crippen molar-refractivity contribution in [1.29, 1.82) is 0 Å². The van der Waals surface area contributed by atoms with Gasteiger partial charge in [0.2, 0.25) is 11.8 Å². The van der Waals surface area contributed by atoms with Gasteiger partial charge in [-0.15, -0.1) is 0 Å². The molecule has 0 unspecified atom stereocenters. The summed E-state index contributed by atoms with van der Waals surface area (Å²) in [5.41, 5.74) is 2.87. The van der Waals surface area contributed by atoms with Gasteiger partial charge in [0.1, 0.15) is 11.9 Å². The van der Waals surface area contributed by atoms with Crippen LogP contribution in [0.1, 0.15) is 24.9 Å². The van der Waals surface area contributed by atoms with E-state index in [1.54, 1.807) is 12.5 Å². The van der Waals surface area contributed by atoms with Gasteiger partial charge in [0.15, 0.2) is 0 Å². The maximum atomic E-state index is 12.4. The highest BCUT2D eigenvalue weighted by Gasteiger charge is 2.20. The van der Waals surface area contributed by atoms with Gasteiger partial charge in [0.05, 0.1) is 17.4 Å². The van der Waals surface area contributed by atoms with Crippen molar-refractivity contribution in [3.05, 3.63) is 48.3 Å². The van der Waals surface area contributed by atoms with Crippen molar-refractivity contribution in [3.8, 4) is 0 Å². The summed E-state index contributed by atoms with van der Waals surface area (Å²) in [4.78, 5) is 35.4. The molecule has 0 radical (unpaired) electrons. The molecule has 0 aliphatic rings. The molecular weight excluding hydrogens is 344 g/mol. The molecule has 2 amide bonds. The molecule has 0 saturated carbocycles. The Labute approximate surface area is 157 Å². The molecule has 0 saturated heterocycles. The topological polar surface area (TPSA) is 105 Å². The second-order valence-electron chi connectivity index (χ2n) is 6.50. The van der Waals surface area contributed by atoms with Crippen molar-refractivity contribution in [1.82, 2.24) is 30.2 Å². The zero-order valence-electron chi connectivity index (χ0n) is 15.5. The third kappa shape index (κ3) is 4.72. The third-order valence-corrected chi connectivity index (χ3v) is 4.43. The molecule has 27 heavy (non-hydrogen) atoms. The number of aromatic nitrogens is 4. The Hall–Kier alpha value is -3.16. The number of H-pyrrole nitrogens is 1. The second kappa shape index (κ2) is 8.48. The zero-order valence-corrected chi connectivity index (χ0v) is 15.5. The maximum absolute atomic E-state index is 12.4. The summed E-state index contributed by atoms with van der Waals surface area (Å²) < 4.78 is 2.08. The largest absolute Gasteiger partial charge is 0.354 e. The Balaban J connectivity index is 1.52. The standard InChI is InChI=1S/C19H24N6O2/c1-13(26)23-16(10-14-11-20-12-22-14)19(27)21-9-5-8-18-24-15-6-3-4-7-17(15)25(18)2/h3-4,6-7,11-12,16H,5,8-10H2,1-2H3,(H,20,22)(H,21,27)(H,23,26)/t16-/m0/s1. The van der Waals surface area contributed by atoms with Gasteiger partial charge in [0, 0.05) is 45.2 Å². The summed E-state index contributed by atoms with van der Waals surface area (Å²) in [5.74, 6) is 0.542. The minimum atomic E-state index is -0.626. The predicted molar refractivity (Wildman–Crippen MR) is 102 cm³/mol. The van der Waals surface area contributed by atoms with Crippen molar-refractivity contribution in [2.24, 2.45) is 7.05 Å². The van der Waals surface area contributed by atoms with Crippen LogP contribution in [0.5, 0.6) is 0 Å². The van der Waals surface area contributed by atoms with E-state index in [2.05, 4.69) is 30.2 Å². The molecule has 3 rings (SSSR count). The molecule has 3 aromatic rings. The molecule has 0 fully saturated rings. The number of imidazole rings is 2. The molecule has 3 N–H and O–H groups in total. The average molecular weight is 368 g/mol. The second-order valence-corrected chi connectivity index (χ2v) is 6.50. The smallest absolute Gasteiger partial charge is 0.242 e. The summed E-state index contributed by atoms with van der Waals surface area (Å²) in [5, 5.41) is 5.59. The first-order valence-corrected chi connectivity index (χ1v) is 8.97. The number of fused-ring (bicyclic) bond motifs is 1. The lowest BCUT2D eigenvalue weighted by Gasteiger charge is -2.17. The monoisotopic (exact) mass is 368 g/mol. The number of nitrogens with zero attached hydrogens (tertiary/aromatic N) is 3. The third-order valence-electron chi connectivity index (χ3n) is 4.43. The summed E-state index contributed by atoms with van der Waals surface area (Å²) in [6.45, 7) is 1.92. The first kappa shape index (κ1) is 18.6. The molecule has 2 aromatic heterocycles. The normalized spacial score (nSPS) is 12.1. The van der Waals surface area contributed by atoms with Gasteiger partial charge in [-0.05, 0) is 18.6 Å². The van der Waals surface area contributed by atoms with E-state index in [0.29, 0.717) is 13.0 Å². The first-order valence-electron chi connectivity index (χ1n) is 8.97. The number of nitrogens with one attached hydrogen (secondary N) is 3. The number of hydrogen-bond donors (Lipinski definition) is 3. The fourth-order valence-electron chi connectivity index (χ4n) is 3.07. The number of carbonyl (C=O) groups excluding carboxylic acids is 2. The molecule has 0 aliphatic carbocycles. The van der Waals surface area contributed by atoms with Crippen molar-refractivity contribution >= 4 is 22.8 Å². The molecule has 8 nitrogen and oxygen atoms in total. The maximum Gasteiger partial charge on any atom is 0.242 e. The first-order chi connectivity index (χ1) is 13.0. The van der Waals surface area contributed by atoms with E-state index in [0.717, 1.165) is 35.4 Å². The zero-order chi connectivity index (χ0) is 19.2. The highest BCUT2D eigenvalue weighted by Crippen LogP contribution is 2.15. The van der Waals surface area contributed by atoms with Gasteiger partial charge in [-0.1, -0.05) is 12.1 Å². The fraction of sp³-hybridized carbons (Fsp3) is 0.368. The summed E-state index contributed by atoms with van der Waals surface area (Å²) >= 11 is 0. The number of aromatic amines is 1. The Kier molecular flexibility index (Phi) is 5.85. The minimum Gasteiger partial charge on any atom is -0.354 e. The highest BCUT2D eigenvalue weighted by atomic mass is 16.2. The number of amides is 2. The van der Waals surface area contributed by atoms with Gasteiger partial charge in [0.25, 0.3) is 0 Å². The molecule has 0 aliphatic heterocycles. The molecule has 0 spiro atoms. The van der Waals surface area contributed by atoms with Crippen LogP contribution in [0.4, 0.5) is 0 Å². The Morgan fingerprint density at radius 2 is 2.11 bits per heavy atom. The Morgan fingerprint density at radius 1 is 1.30 bits per heavy atom. The van der Waals surface area contributed by atoms with E-state index in [1.807, 2.05) is 31.3 Å². The van der Waals surface area contributed by atoms with Crippen LogP contribution in [0.25, 0.3) is 11.0 Å². The molecule has 1 atom stereocenters. The van der Waals surface area contributed by atoms with E-state index in [1.165, 1.54) is 6.92 Å². The molecule has 8 heteroatoms. The van der Waals surface area contributed by atoms with Gasteiger partial charge in [-0.2, -0.15) is 0 Å². The van der Waals surface area contributed by atoms with Crippen LogP contribution < -0.4 is 10.6 Å². The van der Waals surface area contributed by atoms with Crippen LogP contribution >= 0.6 is 0 Å². The Morgan fingerprint density at radius 3 is 2.81 bits per heavy atom. The summed E-state index contributed by atoms with van der Waals surface area (Å²) in [7, 11) is 2.00. The average Bonchev–Trinajstić information content (AvgIpc) is 3.26. The van der Waals surface area contributed by atoms with Crippen LogP contribution in [0, 0.1) is 0 Å². The van der Waals surface area contributed by atoms with Crippen molar-refractivity contribution in [2.75, 3.05) is 6.54 Å². The number of aryl methyl sites for hydroxylation is 2. The van der Waals surface area contributed by atoms with Gasteiger partial charge in [-0.25, -0.2) is 9.97 Å². The van der Waals surface area contributed by atoms with Crippen LogP contribution in [0.2, 0.25) is 0 Å². The van der Waals surface area contributed by atoms with Gasteiger partial charge in [-0.3, -0.25) is 9.59 Å². The fourth-order valence-corrected chi connectivity index (χ4v) is 3.07. The molecule has 0 bridgehead atoms. The number of carbonyl (C=O) groups is 2. The van der Waals surface area contributed by atoms with E-state index >= 15 is 0 Å². The van der Waals surface area contributed by atoms with Gasteiger partial charge < -0.3 is 20.2 Å². The number of rotatable bonds is 8. The van der Waals surface area contributed by atoms with E-state index < -0.39 is 6.04 Å². The van der Waals surface area contributed by atoms with E-state index in [9.17, 15) is 9.59 Å². The van der Waals surface area contributed by atoms with Crippen LogP contribution in [0.15, 0.2) is 36.8 Å². The predicted octanol–water partition coefficient (Wildman–Crippen LogP) is 1.09. The number of hydrogen-bond acceptors (Lipinski definition) is 4. The quantitative estimate of drug-likeness (QED) is 0.518. The highest BCUT2D eigenvalue weighted by molar-refractivity contribution is 5.87. The lowest BCUT2D eigenvalue weighted by atomic mass is 10.1. The Bertz CT molecular complexity index is 916. The molecule has 2 heterocycles. The molecular formula is C19H24N6O2. The van der Waals surface area contributed by atoms with Crippen molar-refractivity contribution < 1.29 is 9.59 Å². The lowest BCUT2D eigenvalue weighted by Crippen LogP contribution is -2.47. The SMILES string of the molecule is CC(=O)N[C@@H](Cc1cnc[nH]1)C(=O)NCCCc1nc2ccccc2n1C. The minimum absolute atomic E-state index is 0.204. The number of benzene rings is 1. The van der Waals surface area contributed by atoms with Crippen LogP contribution in [0.3, 0.4) is 0 Å². The lowest BCUT2D eigenvalue weighted by molar-refractivity contribution is -0.128. The van der Waals surface area contributed by atoms with Crippen molar-refractivity contribution in [2.45, 2.75) is 32.2 Å². The van der Waals surface area contributed by atoms with Crippen molar-refractivity contribution in [3.63, 3.8) is 0 Å². The van der Waals surface area contributed by atoms with E-state index in [-0.39, 0.29) is 11.8 Å². The molecule has 1 aromatic carbocycles. The van der Waals surface area contributed by atoms with Crippen LogP contribution in [-0.4, -0.2) is 43.9 Å². The summed E-state index contributed by atoms with van der Waals surface area (Å²) in [6.07, 6.45) is 5.09. The van der Waals surface area contributed by atoms with Crippen LogP contribution in [-0.2, 0) is 29.5 Å².